The molecule has 0 saturated heterocycles. The van der Waals surface area contributed by atoms with Gasteiger partial charge in [-0.15, -0.1) is 0 Å². The largest absolute Gasteiger partial charge is 0.468 e. The Labute approximate surface area is 91.2 Å². The Kier molecular flexibility index (Phi) is 4.03. The lowest BCUT2D eigenvalue weighted by Gasteiger charge is -2.21. The van der Waals surface area contributed by atoms with Gasteiger partial charge in [-0.05, 0) is 25.0 Å². The van der Waals surface area contributed by atoms with Crippen LogP contribution in [0.5, 0.6) is 5.75 Å². The Balaban J connectivity index is 1.66. The van der Waals surface area contributed by atoms with E-state index in [1.54, 1.807) is 0 Å². The van der Waals surface area contributed by atoms with Gasteiger partial charge in [0.1, 0.15) is 5.75 Å². The van der Waals surface area contributed by atoms with Crippen LogP contribution in [0.2, 0.25) is 0 Å². The minimum absolute atomic E-state index is 0.384. The van der Waals surface area contributed by atoms with Crippen molar-refractivity contribution < 1.29 is 9.47 Å². The molecule has 1 aromatic carbocycles. The first-order valence-corrected chi connectivity index (χ1v) is 5.74. The Morgan fingerprint density at radius 3 is 2.47 bits per heavy atom. The van der Waals surface area contributed by atoms with Crippen LogP contribution in [0.25, 0.3) is 0 Å². The van der Waals surface area contributed by atoms with Crippen LogP contribution < -0.4 is 4.74 Å². The molecular formula is C13H18O2. The summed E-state index contributed by atoms with van der Waals surface area (Å²) in [6, 6.07) is 9.81. The number of benzene rings is 1. The normalized spacial score (nSPS) is 17.6. The minimum Gasteiger partial charge on any atom is -0.468 e. The summed E-state index contributed by atoms with van der Waals surface area (Å²) >= 11 is 0. The molecule has 1 saturated carbocycles. The summed E-state index contributed by atoms with van der Waals surface area (Å²) in [4.78, 5) is 0. The van der Waals surface area contributed by atoms with Gasteiger partial charge in [0.15, 0.2) is 6.79 Å². The molecule has 2 heteroatoms. The van der Waals surface area contributed by atoms with Gasteiger partial charge >= 0.3 is 0 Å². The number of hydrogen-bond acceptors (Lipinski definition) is 2. The molecule has 0 aromatic heterocycles. The molecule has 1 aliphatic rings. The van der Waals surface area contributed by atoms with Crippen LogP contribution in [0, 0.1) is 0 Å². The lowest BCUT2D eigenvalue weighted by Crippen LogP contribution is -2.19. The van der Waals surface area contributed by atoms with Gasteiger partial charge in [0.2, 0.25) is 0 Å². The van der Waals surface area contributed by atoms with E-state index in [0.29, 0.717) is 12.9 Å². The van der Waals surface area contributed by atoms with E-state index in [-0.39, 0.29) is 0 Å². The van der Waals surface area contributed by atoms with Gasteiger partial charge < -0.3 is 9.47 Å². The molecule has 0 unspecified atom stereocenters. The molecule has 0 atom stereocenters. The van der Waals surface area contributed by atoms with Crippen molar-refractivity contribution in [2.75, 3.05) is 6.79 Å². The average molecular weight is 206 g/mol. The summed E-state index contributed by atoms with van der Waals surface area (Å²) < 4.78 is 11.2. The van der Waals surface area contributed by atoms with Crippen LogP contribution >= 0.6 is 0 Å². The highest BCUT2D eigenvalue weighted by atomic mass is 16.7. The van der Waals surface area contributed by atoms with Crippen molar-refractivity contribution in [3.8, 4) is 5.75 Å². The predicted molar refractivity (Wildman–Crippen MR) is 59.9 cm³/mol. The summed E-state index contributed by atoms with van der Waals surface area (Å²) in [5.41, 5.74) is 0. The zero-order chi connectivity index (χ0) is 10.3. The maximum absolute atomic E-state index is 5.66. The van der Waals surface area contributed by atoms with Crippen LogP contribution in [-0.2, 0) is 4.74 Å². The van der Waals surface area contributed by atoms with Crippen LogP contribution in [0.3, 0.4) is 0 Å². The van der Waals surface area contributed by atoms with Crippen molar-refractivity contribution in [3.63, 3.8) is 0 Å². The van der Waals surface area contributed by atoms with Crippen molar-refractivity contribution in [3.05, 3.63) is 30.3 Å². The SMILES string of the molecule is c1ccc(OCOC2CCCCC2)cc1. The highest BCUT2D eigenvalue weighted by molar-refractivity contribution is 5.20. The first-order chi connectivity index (χ1) is 7.45. The van der Waals surface area contributed by atoms with Gasteiger partial charge in [-0.2, -0.15) is 0 Å². The fraction of sp³-hybridized carbons (Fsp3) is 0.538. The maximum atomic E-state index is 5.66. The van der Waals surface area contributed by atoms with E-state index in [4.69, 9.17) is 9.47 Å². The number of hydrogen-bond donors (Lipinski definition) is 0. The number of rotatable bonds is 4. The molecule has 0 radical (unpaired) electrons. The van der Waals surface area contributed by atoms with E-state index in [1.807, 2.05) is 30.3 Å². The topological polar surface area (TPSA) is 18.5 Å². The predicted octanol–water partition coefficient (Wildman–Crippen LogP) is 3.37. The third kappa shape index (κ3) is 3.56. The van der Waals surface area contributed by atoms with Gasteiger partial charge in [-0.3, -0.25) is 0 Å². The molecule has 15 heavy (non-hydrogen) atoms. The fourth-order valence-electron chi connectivity index (χ4n) is 1.95. The molecule has 2 rings (SSSR count). The first-order valence-electron chi connectivity index (χ1n) is 5.74. The van der Waals surface area contributed by atoms with Crippen LogP contribution in [-0.4, -0.2) is 12.9 Å². The zero-order valence-electron chi connectivity index (χ0n) is 9.02. The summed E-state index contributed by atoms with van der Waals surface area (Å²) in [5.74, 6) is 0.883. The molecule has 0 amide bonds. The second kappa shape index (κ2) is 5.76. The maximum Gasteiger partial charge on any atom is 0.189 e. The Morgan fingerprint density at radius 2 is 1.73 bits per heavy atom. The molecule has 0 bridgehead atoms. The summed E-state index contributed by atoms with van der Waals surface area (Å²) in [7, 11) is 0. The van der Waals surface area contributed by atoms with E-state index in [0.717, 1.165) is 5.75 Å². The quantitative estimate of drug-likeness (QED) is 0.703. The van der Waals surface area contributed by atoms with Crippen molar-refractivity contribution in [2.45, 2.75) is 38.2 Å². The smallest absolute Gasteiger partial charge is 0.189 e. The van der Waals surface area contributed by atoms with E-state index >= 15 is 0 Å². The third-order valence-corrected chi connectivity index (χ3v) is 2.82. The molecule has 82 valence electrons. The molecule has 0 aliphatic heterocycles. The highest BCUT2D eigenvalue weighted by Crippen LogP contribution is 2.20. The molecule has 0 N–H and O–H groups in total. The van der Waals surface area contributed by atoms with E-state index in [2.05, 4.69) is 0 Å². The lowest BCUT2D eigenvalue weighted by molar-refractivity contribution is -0.0496. The van der Waals surface area contributed by atoms with Gasteiger partial charge in [0.25, 0.3) is 0 Å². The van der Waals surface area contributed by atoms with Crippen molar-refractivity contribution in [1.29, 1.82) is 0 Å². The molecule has 1 fully saturated rings. The molecular weight excluding hydrogens is 188 g/mol. The number of ether oxygens (including phenoxy) is 2. The van der Waals surface area contributed by atoms with Crippen molar-refractivity contribution >= 4 is 0 Å². The summed E-state index contributed by atoms with van der Waals surface area (Å²) in [5, 5.41) is 0. The summed E-state index contributed by atoms with van der Waals surface area (Å²) in [6.45, 7) is 0.384. The van der Waals surface area contributed by atoms with Crippen LogP contribution in [0.4, 0.5) is 0 Å². The standard InChI is InChI=1S/C13H18O2/c1-3-7-12(8-4-1)14-11-15-13-9-5-2-6-10-13/h1,3-4,7-8,13H,2,5-6,9-11H2. The second-order valence-corrected chi connectivity index (χ2v) is 4.00. The molecule has 2 nitrogen and oxygen atoms in total. The fourth-order valence-corrected chi connectivity index (χ4v) is 1.95. The van der Waals surface area contributed by atoms with E-state index < -0.39 is 0 Å². The Morgan fingerprint density at radius 1 is 1.00 bits per heavy atom. The first kappa shape index (κ1) is 10.5. The van der Waals surface area contributed by atoms with Gasteiger partial charge in [0.05, 0.1) is 6.10 Å². The zero-order valence-corrected chi connectivity index (χ0v) is 9.02. The average Bonchev–Trinajstić information content (AvgIpc) is 2.32. The van der Waals surface area contributed by atoms with Crippen molar-refractivity contribution in [1.82, 2.24) is 0 Å². The second-order valence-electron chi connectivity index (χ2n) is 4.00. The lowest BCUT2D eigenvalue weighted by atomic mass is 9.98. The van der Waals surface area contributed by atoms with E-state index in [1.165, 1.54) is 32.1 Å². The molecule has 1 aromatic rings. The van der Waals surface area contributed by atoms with Crippen LogP contribution in [0.1, 0.15) is 32.1 Å². The monoisotopic (exact) mass is 206 g/mol. The molecule has 0 heterocycles. The number of para-hydroxylation sites is 1. The van der Waals surface area contributed by atoms with Gasteiger partial charge in [0, 0.05) is 0 Å². The molecule has 0 spiro atoms. The highest BCUT2D eigenvalue weighted by Gasteiger charge is 2.13. The van der Waals surface area contributed by atoms with E-state index in [9.17, 15) is 0 Å². The van der Waals surface area contributed by atoms with Crippen LogP contribution in [0.15, 0.2) is 30.3 Å². The summed E-state index contributed by atoms with van der Waals surface area (Å²) in [6.07, 6.45) is 6.77. The Bertz CT molecular complexity index is 265. The minimum atomic E-state index is 0.384. The van der Waals surface area contributed by atoms with Gasteiger partial charge in [-0.25, -0.2) is 0 Å². The third-order valence-electron chi connectivity index (χ3n) is 2.82. The van der Waals surface area contributed by atoms with Crippen molar-refractivity contribution in [2.24, 2.45) is 0 Å². The molecule has 1 aliphatic carbocycles. The van der Waals surface area contributed by atoms with Gasteiger partial charge in [-0.1, -0.05) is 37.5 Å². The Hall–Kier alpha value is -1.02.